The van der Waals surface area contributed by atoms with Crippen molar-refractivity contribution in [3.63, 3.8) is 0 Å². The van der Waals surface area contributed by atoms with Crippen molar-refractivity contribution in [3.05, 3.63) is 131 Å². The number of ether oxygens (including phenoxy) is 1. The maximum atomic E-state index is 13.9. The second kappa shape index (κ2) is 11.1. The van der Waals surface area contributed by atoms with E-state index in [9.17, 15) is 9.59 Å². The molecule has 0 spiro atoms. The molecule has 0 bridgehead atoms. The van der Waals surface area contributed by atoms with Gasteiger partial charge < -0.3 is 15.0 Å². The van der Waals surface area contributed by atoms with Crippen molar-refractivity contribution < 1.29 is 14.3 Å². The molecule has 1 aromatic heterocycles. The van der Waals surface area contributed by atoms with Gasteiger partial charge in [-0.1, -0.05) is 60.7 Å². The smallest absolute Gasteiger partial charge is 0.255 e. The van der Waals surface area contributed by atoms with Gasteiger partial charge in [-0.2, -0.15) is 0 Å². The fraction of sp³-hybridized carbons (Fsp3) is 0.194. The van der Waals surface area contributed by atoms with Gasteiger partial charge in [0.1, 0.15) is 5.75 Å². The van der Waals surface area contributed by atoms with Crippen LogP contribution in [0.1, 0.15) is 44.6 Å². The van der Waals surface area contributed by atoms with E-state index in [0.717, 1.165) is 28.0 Å². The average molecular weight is 492 g/mol. The summed E-state index contributed by atoms with van der Waals surface area (Å²) in [5.41, 5.74) is 4.31. The van der Waals surface area contributed by atoms with Crippen molar-refractivity contribution in [2.75, 3.05) is 13.7 Å². The molecule has 6 heteroatoms. The van der Waals surface area contributed by atoms with Gasteiger partial charge in [-0.3, -0.25) is 14.6 Å². The number of hydrogen-bond acceptors (Lipinski definition) is 4. The molecule has 0 saturated carbocycles. The number of carbonyl (C=O) groups is 2. The quantitative estimate of drug-likeness (QED) is 0.379. The minimum absolute atomic E-state index is 0.0823. The standard InChI is InChI=1S/C31H29N3O3/c1-37-25-13-11-24(12-14-25)29-28(30(35)33-20-17-22-15-18-32-19-16-22)26-9-5-6-10-27(26)31(36)34(29)21-23-7-3-2-4-8-23/h2-16,18-19,28-29H,17,20-21H2,1H3,(H,33,35)/t28-,29-/m0/s1. The molecular formula is C31H29N3O3. The van der Waals surface area contributed by atoms with Gasteiger partial charge in [-0.15, -0.1) is 0 Å². The molecule has 5 rings (SSSR count). The molecule has 0 saturated heterocycles. The van der Waals surface area contributed by atoms with Crippen LogP contribution in [0.3, 0.4) is 0 Å². The summed E-state index contributed by atoms with van der Waals surface area (Å²) in [5.74, 6) is -0.0308. The molecule has 1 aliphatic heterocycles. The topological polar surface area (TPSA) is 71.5 Å². The molecule has 0 fully saturated rings. The number of hydrogen-bond donors (Lipinski definition) is 1. The van der Waals surface area contributed by atoms with Crippen LogP contribution in [0, 0.1) is 0 Å². The Morgan fingerprint density at radius 3 is 2.32 bits per heavy atom. The molecule has 4 aromatic rings. The van der Waals surface area contributed by atoms with Crippen molar-refractivity contribution in [1.82, 2.24) is 15.2 Å². The van der Waals surface area contributed by atoms with Crippen LogP contribution in [-0.4, -0.2) is 35.4 Å². The Morgan fingerprint density at radius 2 is 1.59 bits per heavy atom. The lowest BCUT2D eigenvalue weighted by Crippen LogP contribution is -2.47. The monoisotopic (exact) mass is 491 g/mol. The molecule has 37 heavy (non-hydrogen) atoms. The number of pyridine rings is 1. The van der Waals surface area contributed by atoms with Crippen LogP contribution in [0.25, 0.3) is 0 Å². The molecule has 186 valence electrons. The molecule has 2 atom stereocenters. The summed E-state index contributed by atoms with van der Waals surface area (Å²) < 4.78 is 5.36. The predicted molar refractivity (Wildman–Crippen MR) is 142 cm³/mol. The van der Waals surface area contributed by atoms with E-state index in [-0.39, 0.29) is 11.8 Å². The van der Waals surface area contributed by atoms with E-state index in [1.165, 1.54) is 0 Å². The Bertz CT molecular complexity index is 1360. The lowest BCUT2D eigenvalue weighted by Gasteiger charge is -2.42. The van der Waals surface area contributed by atoms with E-state index in [1.54, 1.807) is 19.5 Å². The predicted octanol–water partition coefficient (Wildman–Crippen LogP) is 4.93. The van der Waals surface area contributed by atoms with Gasteiger partial charge in [-0.25, -0.2) is 0 Å². The van der Waals surface area contributed by atoms with Crippen LogP contribution in [0.5, 0.6) is 5.75 Å². The van der Waals surface area contributed by atoms with Crippen molar-refractivity contribution in [3.8, 4) is 5.75 Å². The highest BCUT2D eigenvalue weighted by molar-refractivity contribution is 6.01. The third-order valence-electron chi connectivity index (χ3n) is 6.84. The molecule has 0 aliphatic carbocycles. The molecule has 0 unspecified atom stereocenters. The summed E-state index contributed by atoms with van der Waals surface area (Å²) in [4.78, 5) is 33.6. The Kier molecular flexibility index (Phi) is 7.26. The molecule has 0 radical (unpaired) electrons. The van der Waals surface area contributed by atoms with E-state index in [2.05, 4.69) is 10.3 Å². The van der Waals surface area contributed by atoms with Gasteiger partial charge in [0, 0.05) is 31.0 Å². The number of fused-ring (bicyclic) bond motifs is 1. The fourth-order valence-corrected chi connectivity index (χ4v) is 4.99. The molecule has 2 heterocycles. The molecule has 1 N–H and O–H groups in total. The SMILES string of the molecule is COc1ccc([C@H]2[C@@H](C(=O)NCCc3ccncc3)c3ccccc3C(=O)N2Cc2ccccc2)cc1. The second-order valence-electron chi connectivity index (χ2n) is 9.10. The number of nitrogens with zero attached hydrogens (tertiary/aromatic N) is 2. The number of nitrogens with one attached hydrogen (secondary N) is 1. The summed E-state index contributed by atoms with van der Waals surface area (Å²) in [6, 6.07) is 28.4. The van der Waals surface area contributed by atoms with E-state index >= 15 is 0 Å². The first-order chi connectivity index (χ1) is 18.2. The summed E-state index contributed by atoms with van der Waals surface area (Å²) >= 11 is 0. The van der Waals surface area contributed by atoms with Crippen LogP contribution in [0.15, 0.2) is 103 Å². The zero-order chi connectivity index (χ0) is 25.6. The second-order valence-corrected chi connectivity index (χ2v) is 9.10. The van der Waals surface area contributed by atoms with Gasteiger partial charge in [-0.05, 0) is 59.0 Å². The maximum Gasteiger partial charge on any atom is 0.255 e. The Hall–Kier alpha value is -4.45. The van der Waals surface area contributed by atoms with Crippen molar-refractivity contribution in [2.24, 2.45) is 0 Å². The fourth-order valence-electron chi connectivity index (χ4n) is 4.99. The summed E-state index contributed by atoms with van der Waals surface area (Å²) in [7, 11) is 1.62. The highest BCUT2D eigenvalue weighted by Crippen LogP contribution is 2.43. The van der Waals surface area contributed by atoms with Crippen LogP contribution in [0.2, 0.25) is 0 Å². The minimum Gasteiger partial charge on any atom is -0.497 e. The minimum atomic E-state index is -0.566. The Balaban J connectivity index is 1.53. The Morgan fingerprint density at radius 1 is 0.892 bits per heavy atom. The molecule has 3 aromatic carbocycles. The number of aromatic nitrogens is 1. The third-order valence-corrected chi connectivity index (χ3v) is 6.84. The molecule has 2 amide bonds. The van der Waals surface area contributed by atoms with Crippen LogP contribution in [-0.2, 0) is 17.8 Å². The first-order valence-electron chi connectivity index (χ1n) is 12.4. The van der Waals surface area contributed by atoms with Crippen LogP contribution in [0.4, 0.5) is 0 Å². The van der Waals surface area contributed by atoms with E-state index < -0.39 is 12.0 Å². The van der Waals surface area contributed by atoms with E-state index in [0.29, 0.717) is 25.1 Å². The normalized spacial score (nSPS) is 16.7. The number of benzene rings is 3. The van der Waals surface area contributed by atoms with Crippen LogP contribution >= 0.6 is 0 Å². The summed E-state index contributed by atoms with van der Waals surface area (Å²) in [6.45, 7) is 0.884. The van der Waals surface area contributed by atoms with Gasteiger partial charge in [0.25, 0.3) is 5.91 Å². The van der Waals surface area contributed by atoms with Gasteiger partial charge in [0.15, 0.2) is 0 Å². The van der Waals surface area contributed by atoms with Crippen molar-refractivity contribution in [2.45, 2.75) is 24.9 Å². The van der Waals surface area contributed by atoms with E-state index in [1.807, 2.05) is 95.9 Å². The van der Waals surface area contributed by atoms with Gasteiger partial charge in [0.2, 0.25) is 5.91 Å². The lowest BCUT2D eigenvalue weighted by atomic mass is 9.79. The lowest BCUT2D eigenvalue weighted by molar-refractivity contribution is -0.124. The van der Waals surface area contributed by atoms with Crippen molar-refractivity contribution in [1.29, 1.82) is 0 Å². The highest BCUT2D eigenvalue weighted by Gasteiger charge is 2.44. The van der Waals surface area contributed by atoms with Gasteiger partial charge >= 0.3 is 0 Å². The highest BCUT2D eigenvalue weighted by atomic mass is 16.5. The van der Waals surface area contributed by atoms with Crippen LogP contribution < -0.4 is 10.1 Å². The first kappa shape index (κ1) is 24.3. The zero-order valence-corrected chi connectivity index (χ0v) is 20.7. The molecular weight excluding hydrogens is 462 g/mol. The number of amides is 2. The van der Waals surface area contributed by atoms with Crippen molar-refractivity contribution >= 4 is 11.8 Å². The molecule has 6 nitrogen and oxygen atoms in total. The number of rotatable bonds is 8. The third kappa shape index (κ3) is 5.23. The first-order valence-corrected chi connectivity index (χ1v) is 12.4. The largest absolute Gasteiger partial charge is 0.497 e. The maximum absolute atomic E-state index is 13.9. The summed E-state index contributed by atoms with van der Waals surface area (Å²) in [6.07, 6.45) is 4.20. The van der Waals surface area contributed by atoms with Gasteiger partial charge in [0.05, 0.1) is 19.1 Å². The van der Waals surface area contributed by atoms with E-state index in [4.69, 9.17) is 4.74 Å². The Labute approximate surface area is 216 Å². The number of carbonyl (C=O) groups excluding carboxylic acids is 2. The summed E-state index contributed by atoms with van der Waals surface area (Å²) in [5, 5.41) is 3.14. The molecule has 1 aliphatic rings. The zero-order valence-electron chi connectivity index (χ0n) is 20.7. The number of methoxy groups -OCH3 is 1. The average Bonchev–Trinajstić information content (AvgIpc) is 2.95.